The zero-order chi connectivity index (χ0) is 17.6. The summed E-state index contributed by atoms with van der Waals surface area (Å²) in [5.41, 5.74) is 3.10. The lowest BCUT2D eigenvalue weighted by Crippen LogP contribution is -2.40. The number of urea groups is 1. The maximum atomic E-state index is 12.2. The molecule has 0 bridgehead atoms. The van der Waals surface area contributed by atoms with Crippen molar-refractivity contribution in [3.63, 3.8) is 0 Å². The first-order valence-electron chi connectivity index (χ1n) is 8.30. The molecule has 0 aromatic heterocycles. The average molecular weight is 341 g/mol. The van der Waals surface area contributed by atoms with E-state index in [-0.39, 0.29) is 12.1 Å². The molecule has 0 fully saturated rings. The molecular formula is C19H23N3O3. The molecule has 0 saturated heterocycles. The number of ether oxygens (including phenoxy) is 2. The molecule has 3 rings (SSSR count). The summed E-state index contributed by atoms with van der Waals surface area (Å²) in [5.74, 6) is 1.25. The van der Waals surface area contributed by atoms with Crippen molar-refractivity contribution in [2.24, 2.45) is 0 Å². The summed E-state index contributed by atoms with van der Waals surface area (Å²) < 4.78 is 10.4. The minimum atomic E-state index is -0.254. The summed E-state index contributed by atoms with van der Waals surface area (Å²) in [4.78, 5) is 12.2. The van der Waals surface area contributed by atoms with Crippen molar-refractivity contribution < 1.29 is 14.3 Å². The van der Waals surface area contributed by atoms with Gasteiger partial charge in [0.25, 0.3) is 0 Å². The highest BCUT2D eigenvalue weighted by Crippen LogP contribution is 2.26. The number of fused-ring (bicyclic) bond motifs is 1. The number of rotatable bonds is 5. The minimum Gasteiger partial charge on any atom is -0.497 e. The summed E-state index contributed by atoms with van der Waals surface area (Å²) in [7, 11) is 3.15. The summed E-state index contributed by atoms with van der Waals surface area (Å²) in [6.07, 6.45) is 2.01. The van der Waals surface area contributed by atoms with E-state index in [0.717, 1.165) is 18.5 Å². The second-order valence-corrected chi connectivity index (χ2v) is 5.97. The van der Waals surface area contributed by atoms with Gasteiger partial charge in [0.1, 0.15) is 11.5 Å². The molecule has 0 radical (unpaired) electrons. The van der Waals surface area contributed by atoms with Crippen LogP contribution in [-0.2, 0) is 6.42 Å². The van der Waals surface area contributed by atoms with Crippen molar-refractivity contribution in [1.29, 1.82) is 0 Å². The second kappa shape index (κ2) is 7.79. The number of aryl methyl sites for hydroxylation is 1. The highest BCUT2D eigenvalue weighted by atomic mass is 16.5. The number of nitrogens with one attached hydrogen (secondary N) is 3. The zero-order valence-electron chi connectivity index (χ0n) is 14.5. The molecule has 25 heavy (non-hydrogen) atoms. The number of amides is 2. The molecule has 132 valence electrons. The van der Waals surface area contributed by atoms with Gasteiger partial charge in [-0.25, -0.2) is 4.79 Å². The van der Waals surface area contributed by atoms with E-state index in [9.17, 15) is 4.79 Å². The molecule has 3 N–H and O–H groups in total. The molecular weight excluding hydrogens is 318 g/mol. The Balaban J connectivity index is 1.54. The van der Waals surface area contributed by atoms with E-state index in [4.69, 9.17) is 9.47 Å². The molecule has 2 amide bonds. The number of methoxy groups -OCH3 is 2. The topological polar surface area (TPSA) is 71.6 Å². The highest BCUT2D eigenvalue weighted by molar-refractivity contribution is 5.89. The largest absolute Gasteiger partial charge is 0.497 e. The van der Waals surface area contributed by atoms with E-state index in [1.807, 2.05) is 6.07 Å². The van der Waals surface area contributed by atoms with E-state index < -0.39 is 0 Å². The summed E-state index contributed by atoms with van der Waals surface area (Å²) in [5, 5.41) is 9.19. The van der Waals surface area contributed by atoms with Gasteiger partial charge in [0.05, 0.1) is 14.2 Å². The van der Waals surface area contributed by atoms with E-state index in [1.54, 1.807) is 32.4 Å². The first-order chi connectivity index (χ1) is 12.2. The SMILES string of the molecule is COc1cc(NC(=O)NCC2CCc3ccccc3N2)cc(OC)c1. The quantitative estimate of drug-likeness (QED) is 0.781. The summed E-state index contributed by atoms with van der Waals surface area (Å²) in [6.45, 7) is 0.557. The standard InChI is InChI=1S/C19H23N3O3/c1-24-16-9-15(10-17(11-16)25-2)22-19(23)20-12-14-8-7-13-5-3-4-6-18(13)21-14/h3-6,9-11,14,21H,7-8,12H2,1-2H3,(H2,20,22,23). The Morgan fingerprint density at radius 2 is 1.88 bits per heavy atom. The minimum absolute atomic E-state index is 0.223. The molecule has 6 heteroatoms. The van der Waals surface area contributed by atoms with Crippen LogP contribution in [-0.4, -0.2) is 32.8 Å². The zero-order valence-corrected chi connectivity index (χ0v) is 14.5. The predicted octanol–water partition coefficient (Wildman–Crippen LogP) is 3.25. The van der Waals surface area contributed by atoms with Crippen molar-refractivity contribution in [3.05, 3.63) is 48.0 Å². The monoisotopic (exact) mass is 341 g/mol. The van der Waals surface area contributed by atoms with Crippen LogP contribution in [0.5, 0.6) is 11.5 Å². The van der Waals surface area contributed by atoms with Crippen molar-refractivity contribution in [2.45, 2.75) is 18.9 Å². The van der Waals surface area contributed by atoms with Crippen molar-refractivity contribution in [2.75, 3.05) is 31.4 Å². The molecule has 1 unspecified atom stereocenters. The van der Waals surface area contributed by atoms with Crippen LogP contribution >= 0.6 is 0 Å². The Morgan fingerprint density at radius 3 is 2.60 bits per heavy atom. The first-order valence-corrected chi connectivity index (χ1v) is 8.30. The third-order valence-corrected chi connectivity index (χ3v) is 4.26. The van der Waals surface area contributed by atoms with Gasteiger partial charge in [-0.3, -0.25) is 0 Å². The van der Waals surface area contributed by atoms with Crippen LogP contribution in [0.1, 0.15) is 12.0 Å². The van der Waals surface area contributed by atoms with Gasteiger partial charge in [0.15, 0.2) is 0 Å². The van der Waals surface area contributed by atoms with Gasteiger partial charge in [-0.15, -0.1) is 0 Å². The highest BCUT2D eigenvalue weighted by Gasteiger charge is 2.17. The van der Waals surface area contributed by atoms with E-state index >= 15 is 0 Å². The van der Waals surface area contributed by atoms with Crippen LogP contribution in [0.4, 0.5) is 16.2 Å². The molecule has 2 aromatic rings. The Labute approximate surface area is 147 Å². The summed E-state index contributed by atoms with van der Waals surface area (Å²) in [6, 6.07) is 13.5. The second-order valence-electron chi connectivity index (χ2n) is 5.97. The van der Waals surface area contributed by atoms with Gasteiger partial charge in [0.2, 0.25) is 0 Å². The Kier molecular flexibility index (Phi) is 5.28. The molecule has 0 aliphatic carbocycles. The van der Waals surface area contributed by atoms with Gasteiger partial charge in [-0.2, -0.15) is 0 Å². The number of hydrogen-bond acceptors (Lipinski definition) is 4. The molecule has 1 atom stereocenters. The molecule has 0 saturated carbocycles. The van der Waals surface area contributed by atoms with Gasteiger partial charge in [-0.1, -0.05) is 18.2 Å². The number of para-hydroxylation sites is 1. The van der Waals surface area contributed by atoms with Crippen molar-refractivity contribution in [3.8, 4) is 11.5 Å². The van der Waals surface area contributed by atoms with E-state index in [1.165, 1.54) is 5.56 Å². The molecule has 0 spiro atoms. The average Bonchev–Trinajstić information content (AvgIpc) is 2.65. The normalized spacial score (nSPS) is 15.5. The summed E-state index contributed by atoms with van der Waals surface area (Å²) >= 11 is 0. The number of carbonyl (C=O) groups excluding carboxylic acids is 1. The van der Waals surface area contributed by atoms with Crippen LogP contribution in [0, 0.1) is 0 Å². The fraction of sp³-hybridized carbons (Fsp3) is 0.316. The fourth-order valence-corrected chi connectivity index (χ4v) is 2.92. The number of benzene rings is 2. The van der Waals surface area contributed by atoms with Crippen LogP contribution < -0.4 is 25.4 Å². The Morgan fingerprint density at radius 1 is 1.16 bits per heavy atom. The maximum absolute atomic E-state index is 12.2. The lowest BCUT2D eigenvalue weighted by molar-refractivity contribution is 0.251. The molecule has 2 aromatic carbocycles. The Bertz CT molecular complexity index is 726. The van der Waals surface area contributed by atoms with E-state index in [2.05, 4.69) is 34.1 Å². The van der Waals surface area contributed by atoms with Crippen LogP contribution in [0.3, 0.4) is 0 Å². The maximum Gasteiger partial charge on any atom is 0.319 e. The van der Waals surface area contributed by atoms with Crippen LogP contribution in [0.15, 0.2) is 42.5 Å². The van der Waals surface area contributed by atoms with Crippen molar-refractivity contribution >= 4 is 17.4 Å². The van der Waals surface area contributed by atoms with Gasteiger partial charge in [0, 0.05) is 42.2 Å². The third kappa shape index (κ3) is 4.35. The number of carbonyl (C=O) groups is 1. The lowest BCUT2D eigenvalue weighted by Gasteiger charge is -2.27. The fourth-order valence-electron chi connectivity index (χ4n) is 2.92. The Hall–Kier alpha value is -2.89. The molecule has 1 aliphatic heterocycles. The van der Waals surface area contributed by atoms with Gasteiger partial charge >= 0.3 is 6.03 Å². The molecule has 6 nitrogen and oxygen atoms in total. The number of anilines is 2. The number of hydrogen-bond donors (Lipinski definition) is 3. The predicted molar refractivity (Wildman–Crippen MR) is 98.7 cm³/mol. The van der Waals surface area contributed by atoms with Crippen molar-refractivity contribution in [1.82, 2.24) is 5.32 Å². The molecule has 1 heterocycles. The lowest BCUT2D eigenvalue weighted by atomic mass is 9.98. The van der Waals surface area contributed by atoms with Gasteiger partial charge < -0.3 is 25.4 Å². The molecule has 1 aliphatic rings. The van der Waals surface area contributed by atoms with Crippen LogP contribution in [0.2, 0.25) is 0 Å². The van der Waals surface area contributed by atoms with E-state index in [0.29, 0.717) is 23.7 Å². The third-order valence-electron chi connectivity index (χ3n) is 4.26. The van der Waals surface area contributed by atoms with Crippen LogP contribution in [0.25, 0.3) is 0 Å². The van der Waals surface area contributed by atoms with Gasteiger partial charge in [-0.05, 0) is 24.5 Å². The first kappa shape index (κ1) is 17.0. The smallest absolute Gasteiger partial charge is 0.319 e.